The van der Waals surface area contributed by atoms with E-state index in [-0.39, 0.29) is 5.75 Å². The lowest BCUT2D eigenvalue weighted by atomic mass is 9.94. The Balaban J connectivity index is 0.000000457. The molecule has 0 saturated carbocycles. The number of hydrogen-bond acceptors (Lipinski definition) is 3. The van der Waals surface area contributed by atoms with Gasteiger partial charge in [0.1, 0.15) is 11.5 Å². The smallest absolute Gasteiger partial charge is 0.264 e. The molecule has 0 aliphatic heterocycles. The fourth-order valence-electron chi connectivity index (χ4n) is 3.27. The van der Waals surface area contributed by atoms with Crippen molar-refractivity contribution in [1.29, 1.82) is 0 Å². The standard InChI is InChI=1S/C21H22O.C3H8O3S.C2H6/c1-13-14(2)16(4)21(17(5)15(13)3)22-20-12-8-10-18-9-6-7-11-19(18)20;1-2-3-7(4,5)6;1-2/h6-12H,1-5H3;2-3H2,1H3,(H,4,5,6);1-2H3. The summed E-state index contributed by atoms with van der Waals surface area (Å²) in [5, 5.41) is 2.36. The minimum atomic E-state index is -3.67. The summed E-state index contributed by atoms with van der Waals surface area (Å²) < 4.78 is 33.9. The molecule has 0 spiro atoms. The summed E-state index contributed by atoms with van der Waals surface area (Å²) in [6.07, 6.45) is 0.471. The minimum Gasteiger partial charge on any atom is -0.456 e. The van der Waals surface area contributed by atoms with Crippen LogP contribution in [0.1, 0.15) is 55.0 Å². The molecule has 0 aliphatic rings. The molecule has 0 aliphatic carbocycles. The van der Waals surface area contributed by atoms with Gasteiger partial charge in [0.15, 0.2) is 0 Å². The van der Waals surface area contributed by atoms with Gasteiger partial charge in [-0.2, -0.15) is 8.42 Å². The molecular weight excluding hydrogens is 408 g/mol. The second-order valence-electron chi connectivity index (χ2n) is 7.32. The SMILES string of the molecule is CC.CCCS(=O)(=O)O.Cc1c(C)c(C)c(Oc2cccc3ccccc23)c(C)c1C. The van der Waals surface area contributed by atoms with E-state index in [1.807, 2.05) is 19.9 Å². The van der Waals surface area contributed by atoms with Crippen molar-refractivity contribution < 1.29 is 17.7 Å². The molecule has 0 amide bonds. The van der Waals surface area contributed by atoms with Crippen LogP contribution in [0.15, 0.2) is 42.5 Å². The molecular formula is C26H36O4S. The lowest BCUT2D eigenvalue weighted by Gasteiger charge is -2.19. The Morgan fingerprint density at radius 2 is 1.26 bits per heavy atom. The maximum atomic E-state index is 9.79. The quantitative estimate of drug-likeness (QED) is 0.424. The highest BCUT2D eigenvalue weighted by molar-refractivity contribution is 7.85. The van der Waals surface area contributed by atoms with Crippen LogP contribution in [0.3, 0.4) is 0 Å². The maximum Gasteiger partial charge on any atom is 0.264 e. The highest BCUT2D eigenvalue weighted by Crippen LogP contribution is 2.37. The zero-order valence-electron chi connectivity index (χ0n) is 20.0. The normalized spacial score (nSPS) is 10.6. The Labute approximate surface area is 188 Å². The van der Waals surface area contributed by atoms with Crippen LogP contribution in [-0.4, -0.2) is 18.7 Å². The van der Waals surface area contributed by atoms with Crippen molar-refractivity contribution in [3.8, 4) is 11.5 Å². The van der Waals surface area contributed by atoms with E-state index in [1.54, 1.807) is 6.92 Å². The molecule has 3 aromatic rings. The van der Waals surface area contributed by atoms with Crippen molar-refractivity contribution >= 4 is 20.9 Å². The second kappa shape index (κ2) is 11.9. The van der Waals surface area contributed by atoms with Gasteiger partial charge in [-0.1, -0.05) is 57.2 Å². The van der Waals surface area contributed by atoms with Crippen molar-refractivity contribution in [2.24, 2.45) is 0 Å². The van der Waals surface area contributed by atoms with E-state index < -0.39 is 10.1 Å². The van der Waals surface area contributed by atoms with E-state index in [1.165, 1.54) is 33.2 Å². The highest BCUT2D eigenvalue weighted by Gasteiger charge is 2.15. The molecule has 0 unspecified atom stereocenters. The molecule has 4 nitrogen and oxygen atoms in total. The molecule has 0 saturated heterocycles. The third kappa shape index (κ3) is 7.08. The highest BCUT2D eigenvalue weighted by atomic mass is 32.2. The van der Waals surface area contributed by atoms with Gasteiger partial charge in [0, 0.05) is 5.39 Å². The summed E-state index contributed by atoms with van der Waals surface area (Å²) >= 11 is 0. The third-order valence-electron chi connectivity index (χ3n) is 5.35. The molecule has 0 atom stereocenters. The Morgan fingerprint density at radius 3 is 1.74 bits per heavy atom. The lowest BCUT2D eigenvalue weighted by Crippen LogP contribution is -2.01. The fraction of sp³-hybridized carbons (Fsp3) is 0.385. The lowest BCUT2D eigenvalue weighted by molar-refractivity contribution is 0.479. The van der Waals surface area contributed by atoms with Gasteiger partial charge < -0.3 is 4.74 Å². The number of benzene rings is 3. The van der Waals surface area contributed by atoms with Crippen molar-refractivity contribution in [1.82, 2.24) is 0 Å². The Morgan fingerprint density at radius 1 is 0.774 bits per heavy atom. The Bertz CT molecular complexity index is 1080. The van der Waals surface area contributed by atoms with Crippen LogP contribution in [0, 0.1) is 34.6 Å². The summed E-state index contributed by atoms with van der Waals surface area (Å²) in [6, 6.07) is 14.6. The largest absolute Gasteiger partial charge is 0.456 e. The first kappa shape index (κ1) is 26.7. The van der Waals surface area contributed by atoms with Crippen LogP contribution in [-0.2, 0) is 10.1 Å². The number of rotatable bonds is 4. The van der Waals surface area contributed by atoms with Crippen molar-refractivity contribution in [3.05, 3.63) is 70.3 Å². The van der Waals surface area contributed by atoms with Crippen LogP contribution >= 0.6 is 0 Å². The monoisotopic (exact) mass is 444 g/mol. The van der Waals surface area contributed by atoms with Gasteiger partial charge in [-0.25, -0.2) is 0 Å². The van der Waals surface area contributed by atoms with Gasteiger partial charge in [-0.3, -0.25) is 4.55 Å². The fourth-order valence-corrected chi connectivity index (χ4v) is 3.79. The second-order valence-corrected chi connectivity index (χ2v) is 8.89. The van der Waals surface area contributed by atoms with Gasteiger partial charge in [-0.05, 0) is 80.3 Å². The Hall–Kier alpha value is -2.37. The summed E-state index contributed by atoms with van der Waals surface area (Å²) in [6.45, 7) is 16.5. The zero-order chi connectivity index (χ0) is 23.8. The van der Waals surface area contributed by atoms with Crippen molar-refractivity contribution in [3.63, 3.8) is 0 Å². The van der Waals surface area contributed by atoms with Gasteiger partial charge >= 0.3 is 0 Å². The summed E-state index contributed by atoms with van der Waals surface area (Å²) in [5.41, 5.74) is 6.46. The zero-order valence-corrected chi connectivity index (χ0v) is 20.9. The van der Waals surface area contributed by atoms with E-state index in [4.69, 9.17) is 9.29 Å². The predicted molar refractivity (Wildman–Crippen MR) is 132 cm³/mol. The molecule has 5 heteroatoms. The first-order chi connectivity index (χ1) is 14.6. The molecule has 0 radical (unpaired) electrons. The molecule has 0 fully saturated rings. The number of hydrogen-bond donors (Lipinski definition) is 1. The molecule has 3 rings (SSSR count). The van der Waals surface area contributed by atoms with Crippen LogP contribution < -0.4 is 4.74 Å². The van der Waals surface area contributed by atoms with Gasteiger partial charge in [0.05, 0.1) is 5.75 Å². The first-order valence-electron chi connectivity index (χ1n) is 10.7. The third-order valence-corrected chi connectivity index (χ3v) is 6.28. The van der Waals surface area contributed by atoms with Gasteiger partial charge in [0.25, 0.3) is 10.1 Å². The van der Waals surface area contributed by atoms with E-state index in [9.17, 15) is 8.42 Å². The molecule has 170 valence electrons. The number of ether oxygens (including phenoxy) is 1. The summed E-state index contributed by atoms with van der Waals surface area (Å²) in [7, 11) is -3.67. The molecule has 1 N–H and O–H groups in total. The molecule has 31 heavy (non-hydrogen) atoms. The first-order valence-corrected chi connectivity index (χ1v) is 12.4. The van der Waals surface area contributed by atoms with Crippen LogP contribution in [0.2, 0.25) is 0 Å². The molecule has 3 aromatic carbocycles. The van der Waals surface area contributed by atoms with Crippen LogP contribution in [0.25, 0.3) is 10.8 Å². The van der Waals surface area contributed by atoms with Crippen LogP contribution in [0.4, 0.5) is 0 Å². The van der Waals surface area contributed by atoms with Crippen molar-refractivity contribution in [2.75, 3.05) is 5.75 Å². The maximum absolute atomic E-state index is 9.79. The van der Waals surface area contributed by atoms with E-state index in [0.29, 0.717) is 6.42 Å². The van der Waals surface area contributed by atoms with Crippen molar-refractivity contribution in [2.45, 2.75) is 61.8 Å². The minimum absolute atomic E-state index is 0.132. The predicted octanol–water partition coefficient (Wildman–Crippen LogP) is 7.48. The van der Waals surface area contributed by atoms with Gasteiger partial charge in [0.2, 0.25) is 0 Å². The summed E-state index contributed by atoms with van der Waals surface area (Å²) in [4.78, 5) is 0. The Kier molecular flexibility index (Phi) is 10.2. The van der Waals surface area contributed by atoms with Crippen LogP contribution in [0.5, 0.6) is 11.5 Å². The van der Waals surface area contributed by atoms with E-state index in [0.717, 1.165) is 16.9 Å². The topological polar surface area (TPSA) is 63.6 Å². The molecule has 0 bridgehead atoms. The molecule has 0 aromatic heterocycles. The van der Waals surface area contributed by atoms with E-state index in [2.05, 4.69) is 71.0 Å². The average molecular weight is 445 g/mol. The number of fused-ring (bicyclic) bond motifs is 1. The molecule has 0 heterocycles. The van der Waals surface area contributed by atoms with Gasteiger partial charge in [-0.15, -0.1) is 0 Å². The van der Waals surface area contributed by atoms with E-state index >= 15 is 0 Å². The average Bonchev–Trinajstić information content (AvgIpc) is 2.75. The summed E-state index contributed by atoms with van der Waals surface area (Å²) in [5.74, 6) is 1.79.